The molecule has 0 aliphatic heterocycles. The van der Waals surface area contributed by atoms with Crippen LogP contribution in [0.1, 0.15) is 56.3 Å². The van der Waals surface area contributed by atoms with Gasteiger partial charge in [0.05, 0.1) is 5.52 Å². The van der Waals surface area contributed by atoms with Crippen molar-refractivity contribution in [3.05, 3.63) is 42.1 Å². The van der Waals surface area contributed by atoms with Gasteiger partial charge >= 0.3 is 0 Å². The number of carbonyl (C=O) groups excluding carboxylic acids is 1. The highest BCUT2D eigenvalue weighted by Crippen LogP contribution is 2.23. The first-order valence-electron chi connectivity index (χ1n) is 7.63. The van der Waals surface area contributed by atoms with Crippen LogP contribution in [0.15, 0.2) is 36.5 Å². The molecule has 2 aromatic rings. The summed E-state index contributed by atoms with van der Waals surface area (Å²) in [7, 11) is 0. The molecule has 0 saturated carbocycles. The molecule has 0 spiro atoms. The number of fused-ring (bicyclic) bond motifs is 1. The zero-order valence-electron chi connectivity index (χ0n) is 12.4. The van der Waals surface area contributed by atoms with Crippen LogP contribution in [-0.4, -0.2) is 10.8 Å². The van der Waals surface area contributed by atoms with Crippen LogP contribution in [0.2, 0.25) is 0 Å². The number of nitrogens with zero attached hydrogens (tertiary/aromatic N) is 1. The van der Waals surface area contributed by atoms with E-state index in [4.69, 9.17) is 0 Å². The quantitative estimate of drug-likeness (QED) is 0.660. The average molecular weight is 269 g/mol. The summed E-state index contributed by atoms with van der Waals surface area (Å²) in [6.45, 7) is 4.37. The van der Waals surface area contributed by atoms with E-state index in [1.807, 2.05) is 30.3 Å². The van der Waals surface area contributed by atoms with E-state index in [0.717, 1.165) is 29.3 Å². The lowest BCUT2D eigenvalue weighted by Crippen LogP contribution is -2.09. The minimum Gasteiger partial charge on any atom is -0.294 e. The highest BCUT2D eigenvalue weighted by molar-refractivity contribution is 6.06. The first-order valence-corrected chi connectivity index (χ1v) is 7.63. The lowest BCUT2D eigenvalue weighted by atomic mass is 9.91. The van der Waals surface area contributed by atoms with Crippen LogP contribution in [0.4, 0.5) is 0 Å². The molecule has 2 nitrogen and oxygen atoms in total. The van der Waals surface area contributed by atoms with Gasteiger partial charge < -0.3 is 0 Å². The third kappa shape index (κ3) is 3.44. The van der Waals surface area contributed by atoms with Crippen LogP contribution in [0.3, 0.4) is 0 Å². The highest BCUT2D eigenvalue weighted by atomic mass is 16.1. The second kappa shape index (κ2) is 7.18. The van der Waals surface area contributed by atoms with Gasteiger partial charge in [-0.1, -0.05) is 57.7 Å². The molecule has 1 aromatic heterocycles. The van der Waals surface area contributed by atoms with E-state index in [2.05, 4.69) is 18.8 Å². The maximum Gasteiger partial charge on any atom is 0.165 e. The Morgan fingerprint density at radius 2 is 2.00 bits per heavy atom. The Labute approximate surface area is 121 Å². The van der Waals surface area contributed by atoms with Crippen LogP contribution in [0.5, 0.6) is 0 Å². The Morgan fingerprint density at radius 1 is 1.20 bits per heavy atom. The van der Waals surface area contributed by atoms with Gasteiger partial charge in [-0.3, -0.25) is 9.78 Å². The van der Waals surface area contributed by atoms with E-state index < -0.39 is 0 Å². The summed E-state index contributed by atoms with van der Waals surface area (Å²) in [5, 5.41) is 1.04. The summed E-state index contributed by atoms with van der Waals surface area (Å²) >= 11 is 0. The van der Waals surface area contributed by atoms with Crippen LogP contribution in [0, 0.1) is 5.92 Å². The zero-order valence-corrected chi connectivity index (χ0v) is 12.4. The van der Waals surface area contributed by atoms with Gasteiger partial charge in [0.1, 0.15) is 0 Å². The third-order valence-corrected chi connectivity index (χ3v) is 3.95. The molecule has 1 atom stereocenters. The van der Waals surface area contributed by atoms with E-state index in [1.165, 1.54) is 12.8 Å². The van der Waals surface area contributed by atoms with Gasteiger partial charge in [-0.15, -0.1) is 0 Å². The molecule has 0 radical (unpaired) electrons. The number of benzene rings is 1. The second-order valence-electron chi connectivity index (χ2n) is 5.42. The van der Waals surface area contributed by atoms with Gasteiger partial charge in [0.25, 0.3) is 0 Å². The highest BCUT2D eigenvalue weighted by Gasteiger charge is 2.16. The summed E-state index contributed by atoms with van der Waals surface area (Å²) in [6, 6.07) is 9.78. The van der Waals surface area contributed by atoms with Crippen LogP contribution in [0.25, 0.3) is 10.9 Å². The molecule has 0 aliphatic carbocycles. The van der Waals surface area contributed by atoms with Crippen molar-refractivity contribution in [3.63, 3.8) is 0 Å². The van der Waals surface area contributed by atoms with Crippen LogP contribution >= 0.6 is 0 Å². The number of rotatable bonds is 7. The Balaban J connectivity index is 2.18. The van der Waals surface area contributed by atoms with Gasteiger partial charge in [0.2, 0.25) is 0 Å². The fourth-order valence-corrected chi connectivity index (χ4v) is 2.64. The molecular weight excluding hydrogens is 246 g/mol. The number of pyridine rings is 1. The smallest absolute Gasteiger partial charge is 0.165 e. The standard InChI is InChI=1S/C18H23NO/c1-3-5-8-14(4-2)13-17(20)16-11-6-9-15-10-7-12-19-18(15)16/h6-7,9-12,14H,3-5,8,13H2,1-2H3. The Bertz CT molecular complexity index is 571. The van der Waals surface area contributed by atoms with Crippen LogP contribution in [-0.2, 0) is 0 Å². The van der Waals surface area contributed by atoms with Gasteiger partial charge in [0, 0.05) is 23.6 Å². The second-order valence-corrected chi connectivity index (χ2v) is 5.42. The normalized spacial score (nSPS) is 12.5. The zero-order chi connectivity index (χ0) is 14.4. The fourth-order valence-electron chi connectivity index (χ4n) is 2.64. The maximum atomic E-state index is 12.6. The monoisotopic (exact) mass is 269 g/mol. The summed E-state index contributed by atoms with van der Waals surface area (Å²) < 4.78 is 0. The number of carbonyl (C=O) groups is 1. The molecule has 106 valence electrons. The predicted molar refractivity (Wildman–Crippen MR) is 84.0 cm³/mol. The summed E-state index contributed by atoms with van der Waals surface area (Å²) in [6.07, 6.45) is 7.03. The van der Waals surface area contributed by atoms with Gasteiger partial charge in [0.15, 0.2) is 5.78 Å². The van der Waals surface area contributed by atoms with Gasteiger partial charge in [-0.25, -0.2) is 0 Å². The molecule has 0 N–H and O–H groups in total. The van der Waals surface area contributed by atoms with Gasteiger partial charge in [-0.05, 0) is 18.1 Å². The molecule has 2 rings (SSSR count). The number of Topliss-reactive ketones (excluding diaryl/α,β-unsaturated/α-hetero) is 1. The largest absolute Gasteiger partial charge is 0.294 e. The lowest BCUT2D eigenvalue weighted by Gasteiger charge is -2.14. The van der Waals surface area contributed by atoms with Crippen molar-refractivity contribution in [2.45, 2.75) is 46.0 Å². The predicted octanol–water partition coefficient (Wildman–Crippen LogP) is 5.02. The molecule has 0 amide bonds. The molecule has 0 fully saturated rings. The van der Waals surface area contributed by atoms with E-state index in [-0.39, 0.29) is 5.78 Å². The SMILES string of the molecule is CCCCC(CC)CC(=O)c1cccc2cccnc12. The molecule has 1 aromatic carbocycles. The summed E-state index contributed by atoms with van der Waals surface area (Å²) in [5.74, 6) is 0.735. The lowest BCUT2D eigenvalue weighted by molar-refractivity contribution is 0.0958. The first kappa shape index (κ1) is 14.7. The fraction of sp³-hybridized carbons (Fsp3) is 0.444. The maximum absolute atomic E-state index is 12.6. The number of aromatic nitrogens is 1. The topological polar surface area (TPSA) is 30.0 Å². The molecule has 1 unspecified atom stereocenters. The van der Waals surface area contributed by atoms with Crippen molar-refractivity contribution < 1.29 is 4.79 Å². The Morgan fingerprint density at radius 3 is 2.75 bits per heavy atom. The average Bonchev–Trinajstić information content (AvgIpc) is 2.50. The van der Waals surface area contributed by atoms with E-state index >= 15 is 0 Å². The van der Waals surface area contributed by atoms with Crippen molar-refractivity contribution in [2.75, 3.05) is 0 Å². The van der Waals surface area contributed by atoms with E-state index in [9.17, 15) is 4.79 Å². The summed E-state index contributed by atoms with van der Waals surface area (Å²) in [5.41, 5.74) is 1.61. The van der Waals surface area contributed by atoms with Crippen molar-refractivity contribution >= 4 is 16.7 Å². The molecule has 2 heteroatoms. The molecule has 0 bridgehead atoms. The molecule has 0 saturated heterocycles. The molecule has 20 heavy (non-hydrogen) atoms. The van der Waals surface area contributed by atoms with Crippen LogP contribution < -0.4 is 0 Å². The number of hydrogen-bond donors (Lipinski definition) is 0. The van der Waals surface area contributed by atoms with E-state index in [0.29, 0.717) is 12.3 Å². The molecule has 0 aliphatic rings. The molecule has 1 heterocycles. The van der Waals surface area contributed by atoms with Crippen molar-refractivity contribution in [3.8, 4) is 0 Å². The first-order chi connectivity index (χ1) is 9.76. The molecular formula is C18H23NO. The van der Waals surface area contributed by atoms with Gasteiger partial charge in [-0.2, -0.15) is 0 Å². The van der Waals surface area contributed by atoms with Crippen molar-refractivity contribution in [2.24, 2.45) is 5.92 Å². The Hall–Kier alpha value is -1.70. The number of unbranched alkanes of at least 4 members (excludes halogenated alkanes) is 1. The number of hydrogen-bond acceptors (Lipinski definition) is 2. The minimum atomic E-state index is 0.234. The third-order valence-electron chi connectivity index (χ3n) is 3.95. The van der Waals surface area contributed by atoms with E-state index in [1.54, 1.807) is 6.20 Å². The Kier molecular flexibility index (Phi) is 5.28. The minimum absolute atomic E-state index is 0.234. The summed E-state index contributed by atoms with van der Waals surface area (Å²) in [4.78, 5) is 16.9. The van der Waals surface area contributed by atoms with Crippen molar-refractivity contribution in [1.82, 2.24) is 4.98 Å². The number of para-hydroxylation sites is 1. The number of ketones is 1. The van der Waals surface area contributed by atoms with Crippen molar-refractivity contribution in [1.29, 1.82) is 0 Å².